The second-order valence-electron chi connectivity index (χ2n) is 5.20. The molecule has 0 saturated heterocycles. The fraction of sp³-hybridized carbons (Fsp3) is 0.500. The van der Waals surface area contributed by atoms with E-state index in [4.69, 9.17) is 15.7 Å². The number of aryl methyl sites for hydroxylation is 1. The first-order chi connectivity index (χ1) is 9.01. The van der Waals surface area contributed by atoms with E-state index in [1.165, 1.54) is 11.1 Å². The Morgan fingerprint density at radius 2 is 2.37 bits per heavy atom. The highest BCUT2D eigenvalue weighted by Gasteiger charge is 2.26. The topological polar surface area (TPSA) is 71.1 Å². The van der Waals surface area contributed by atoms with Crippen LogP contribution in [0.25, 0.3) is 0 Å². The van der Waals surface area contributed by atoms with Gasteiger partial charge in [0.25, 0.3) is 0 Å². The number of fused-ring (bicyclic) bond motifs is 1. The van der Waals surface area contributed by atoms with Crippen LogP contribution in [0.5, 0.6) is 5.75 Å². The molecule has 1 aromatic rings. The van der Waals surface area contributed by atoms with E-state index >= 15 is 0 Å². The summed E-state index contributed by atoms with van der Waals surface area (Å²) < 4.78 is 5.91. The Hall–Kier alpha value is -1.75. The van der Waals surface area contributed by atoms with Gasteiger partial charge in [-0.25, -0.2) is 0 Å². The van der Waals surface area contributed by atoms with Gasteiger partial charge in [-0.3, -0.25) is 4.90 Å². The van der Waals surface area contributed by atoms with Crippen molar-refractivity contribution >= 4 is 5.84 Å². The molecule has 1 heterocycles. The van der Waals surface area contributed by atoms with Crippen LogP contribution in [-0.2, 0) is 6.42 Å². The first-order valence-corrected chi connectivity index (χ1v) is 6.45. The van der Waals surface area contributed by atoms with E-state index in [0.29, 0.717) is 0 Å². The summed E-state index contributed by atoms with van der Waals surface area (Å²) in [6.07, 6.45) is 1.03. The van der Waals surface area contributed by atoms with Gasteiger partial charge in [0.1, 0.15) is 11.9 Å². The van der Waals surface area contributed by atoms with Crippen LogP contribution in [-0.4, -0.2) is 41.7 Å². The average molecular weight is 263 g/mol. The van der Waals surface area contributed by atoms with E-state index in [-0.39, 0.29) is 18.0 Å². The molecule has 5 nitrogen and oxygen atoms in total. The Kier molecular flexibility index (Phi) is 3.95. The maximum absolute atomic E-state index is 8.69. The SMILES string of the molecule is Cc1ccc2c(c1)CC(CN(C)C(C)C(N)=NO)O2. The van der Waals surface area contributed by atoms with Crippen molar-refractivity contribution in [1.29, 1.82) is 0 Å². The van der Waals surface area contributed by atoms with Crippen molar-refractivity contribution in [3.8, 4) is 5.75 Å². The quantitative estimate of drug-likeness (QED) is 0.372. The lowest BCUT2D eigenvalue weighted by atomic mass is 10.1. The molecule has 0 aromatic heterocycles. The van der Waals surface area contributed by atoms with Crippen LogP contribution in [0.1, 0.15) is 18.1 Å². The van der Waals surface area contributed by atoms with Gasteiger partial charge in [-0.05, 0) is 32.5 Å². The number of ether oxygens (including phenoxy) is 1. The normalized spacial score (nSPS) is 20.2. The van der Waals surface area contributed by atoms with Gasteiger partial charge in [-0.2, -0.15) is 0 Å². The average Bonchev–Trinajstić information content (AvgIpc) is 2.77. The van der Waals surface area contributed by atoms with Gasteiger partial charge in [0.05, 0.1) is 6.04 Å². The zero-order chi connectivity index (χ0) is 14.0. The number of benzene rings is 1. The summed E-state index contributed by atoms with van der Waals surface area (Å²) in [5.41, 5.74) is 8.12. The highest BCUT2D eigenvalue weighted by Crippen LogP contribution is 2.29. The summed E-state index contributed by atoms with van der Waals surface area (Å²) in [5, 5.41) is 11.7. The first-order valence-electron chi connectivity index (χ1n) is 6.45. The van der Waals surface area contributed by atoms with E-state index in [1.807, 2.05) is 24.9 Å². The highest BCUT2D eigenvalue weighted by molar-refractivity contribution is 5.84. The molecule has 3 N–H and O–H groups in total. The number of amidine groups is 1. The van der Waals surface area contributed by atoms with E-state index in [0.717, 1.165) is 18.7 Å². The van der Waals surface area contributed by atoms with Crippen molar-refractivity contribution in [3.05, 3.63) is 29.3 Å². The lowest BCUT2D eigenvalue weighted by molar-refractivity contribution is 0.159. The minimum atomic E-state index is -0.112. The number of nitrogens with two attached hydrogens (primary N) is 1. The number of likely N-dealkylation sites (N-methyl/N-ethyl adjacent to an activating group) is 1. The van der Waals surface area contributed by atoms with Crippen LogP contribution in [0.3, 0.4) is 0 Å². The van der Waals surface area contributed by atoms with Gasteiger partial charge in [-0.1, -0.05) is 22.9 Å². The van der Waals surface area contributed by atoms with Crippen LogP contribution >= 0.6 is 0 Å². The molecule has 104 valence electrons. The van der Waals surface area contributed by atoms with Crippen LogP contribution in [0.4, 0.5) is 0 Å². The molecule has 2 atom stereocenters. The fourth-order valence-corrected chi connectivity index (χ4v) is 2.34. The minimum Gasteiger partial charge on any atom is -0.488 e. The Labute approximate surface area is 113 Å². The fourth-order valence-electron chi connectivity index (χ4n) is 2.34. The molecule has 1 aromatic carbocycles. The smallest absolute Gasteiger partial charge is 0.156 e. The van der Waals surface area contributed by atoms with Gasteiger partial charge < -0.3 is 15.7 Å². The zero-order valence-electron chi connectivity index (χ0n) is 11.6. The van der Waals surface area contributed by atoms with Crippen LogP contribution in [0.15, 0.2) is 23.4 Å². The van der Waals surface area contributed by atoms with Crippen molar-refractivity contribution in [3.63, 3.8) is 0 Å². The molecule has 0 fully saturated rings. The maximum atomic E-state index is 8.69. The number of rotatable bonds is 4. The Balaban J connectivity index is 1.97. The summed E-state index contributed by atoms with van der Waals surface area (Å²) >= 11 is 0. The molecule has 0 aliphatic carbocycles. The number of nitrogens with zero attached hydrogens (tertiary/aromatic N) is 2. The number of hydrogen-bond acceptors (Lipinski definition) is 4. The first kappa shape index (κ1) is 13.7. The minimum absolute atomic E-state index is 0.112. The van der Waals surface area contributed by atoms with E-state index in [1.54, 1.807) is 0 Å². The third-order valence-electron chi connectivity index (χ3n) is 3.65. The molecule has 0 bridgehead atoms. The monoisotopic (exact) mass is 263 g/mol. The van der Waals surface area contributed by atoms with Gasteiger partial charge in [0.2, 0.25) is 0 Å². The van der Waals surface area contributed by atoms with Gasteiger partial charge in [0, 0.05) is 13.0 Å². The molecule has 0 saturated carbocycles. The lowest BCUT2D eigenvalue weighted by Gasteiger charge is -2.26. The van der Waals surface area contributed by atoms with Crippen LogP contribution < -0.4 is 10.5 Å². The van der Waals surface area contributed by atoms with Crippen molar-refractivity contribution in [1.82, 2.24) is 4.90 Å². The highest BCUT2D eigenvalue weighted by atomic mass is 16.5. The summed E-state index contributed by atoms with van der Waals surface area (Å²) in [7, 11) is 1.94. The molecular formula is C14H21N3O2. The third-order valence-corrected chi connectivity index (χ3v) is 3.65. The second kappa shape index (κ2) is 5.48. The summed E-state index contributed by atoms with van der Waals surface area (Å²) in [4.78, 5) is 2.03. The largest absolute Gasteiger partial charge is 0.488 e. The standard InChI is InChI=1S/C14H21N3O2/c1-9-4-5-13-11(6-9)7-12(19-13)8-17(3)10(2)14(15)16-18/h4-6,10,12,18H,7-8H2,1-3H3,(H2,15,16). The molecule has 1 aliphatic rings. The predicted octanol–water partition coefficient (Wildman–Crippen LogP) is 1.37. The molecule has 0 radical (unpaired) electrons. The van der Waals surface area contributed by atoms with Crippen molar-refractivity contribution in [2.75, 3.05) is 13.6 Å². The Bertz CT molecular complexity index is 488. The zero-order valence-corrected chi connectivity index (χ0v) is 11.6. The van der Waals surface area contributed by atoms with E-state index < -0.39 is 0 Å². The molecular weight excluding hydrogens is 242 g/mol. The third kappa shape index (κ3) is 2.98. The van der Waals surface area contributed by atoms with Crippen molar-refractivity contribution < 1.29 is 9.94 Å². The van der Waals surface area contributed by atoms with Crippen LogP contribution in [0, 0.1) is 6.92 Å². The Morgan fingerprint density at radius 1 is 1.63 bits per heavy atom. The van der Waals surface area contributed by atoms with Crippen LogP contribution in [0.2, 0.25) is 0 Å². The molecule has 0 spiro atoms. The molecule has 1 aliphatic heterocycles. The predicted molar refractivity (Wildman–Crippen MR) is 74.8 cm³/mol. The van der Waals surface area contributed by atoms with E-state index in [2.05, 4.69) is 24.2 Å². The molecule has 0 amide bonds. The molecule has 5 heteroatoms. The number of hydrogen-bond donors (Lipinski definition) is 2. The summed E-state index contributed by atoms with van der Waals surface area (Å²) in [6.45, 7) is 4.73. The van der Waals surface area contributed by atoms with Crippen molar-refractivity contribution in [2.45, 2.75) is 32.4 Å². The summed E-state index contributed by atoms with van der Waals surface area (Å²) in [6, 6.07) is 6.14. The number of oxime groups is 1. The van der Waals surface area contributed by atoms with Gasteiger partial charge in [0.15, 0.2) is 5.84 Å². The van der Waals surface area contributed by atoms with E-state index in [9.17, 15) is 0 Å². The lowest BCUT2D eigenvalue weighted by Crippen LogP contribution is -2.44. The van der Waals surface area contributed by atoms with Crippen molar-refractivity contribution in [2.24, 2.45) is 10.9 Å². The van der Waals surface area contributed by atoms with Gasteiger partial charge >= 0.3 is 0 Å². The molecule has 2 unspecified atom stereocenters. The molecule has 19 heavy (non-hydrogen) atoms. The molecule has 2 rings (SSSR count). The Morgan fingerprint density at radius 3 is 3.05 bits per heavy atom. The van der Waals surface area contributed by atoms with Gasteiger partial charge in [-0.15, -0.1) is 0 Å². The second-order valence-corrected chi connectivity index (χ2v) is 5.20. The summed E-state index contributed by atoms with van der Waals surface area (Å²) in [5.74, 6) is 1.19. The maximum Gasteiger partial charge on any atom is 0.156 e.